The molecule has 0 nitrogen and oxygen atoms in total. The van der Waals surface area contributed by atoms with Crippen molar-refractivity contribution in [2.45, 2.75) is 27.2 Å². The molecule has 0 aromatic heterocycles. The molecule has 0 aromatic rings. The molecule has 0 N–H and O–H groups in total. The van der Waals surface area contributed by atoms with Gasteiger partial charge in [-0.05, 0) is 0 Å². The van der Waals surface area contributed by atoms with Gasteiger partial charge in [-0.25, -0.2) is 5.57 Å². The van der Waals surface area contributed by atoms with Crippen LogP contribution in [0.2, 0.25) is 0 Å². The van der Waals surface area contributed by atoms with E-state index in [-0.39, 0.29) is 32.7 Å². The standard InChI is InChI=1S/C8H11.Y/c1-6-4-5-7(2)8(6)3;/h4H2,1-3H3;/q-1;. The Morgan fingerprint density at radius 1 is 1.22 bits per heavy atom. The Morgan fingerprint density at radius 2 is 1.78 bits per heavy atom. The first-order valence-corrected chi connectivity index (χ1v) is 2.96. The molecule has 47 valence electrons. The first-order chi connectivity index (χ1) is 3.72. The van der Waals surface area contributed by atoms with Crippen molar-refractivity contribution in [1.29, 1.82) is 0 Å². The second-order valence-electron chi connectivity index (χ2n) is 2.38. The molecule has 0 heterocycles. The van der Waals surface area contributed by atoms with Gasteiger partial charge in [-0.2, -0.15) is 11.1 Å². The third kappa shape index (κ3) is 2.02. The maximum Gasteiger partial charge on any atom is 0 e. The third-order valence-electron chi connectivity index (χ3n) is 1.82. The fourth-order valence-electron chi connectivity index (χ4n) is 0.850. The minimum atomic E-state index is 0. The number of allylic oxidation sites excluding steroid dienone is 4. The largest absolute Gasteiger partial charge is 0.269 e. The molecule has 0 spiro atoms. The summed E-state index contributed by atoms with van der Waals surface area (Å²) in [6, 6.07) is 0. The fraction of sp³-hybridized carbons (Fsp3) is 0.500. The third-order valence-corrected chi connectivity index (χ3v) is 1.82. The summed E-state index contributed by atoms with van der Waals surface area (Å²) in [7, 11) is 0. The maximum absolute atomic E-state index is 3.26. The Morgan fingerprint density at radius 3 is 1.89 bits per heavy atom. The summed E-state index contributed by atoms with van der Waals surface area (Å²) < 4.78 is 0. The molecule has 1 aliphatic rings. The summed E-state index contributed by atoms with van der Waals surface area (Å²) in [5, 5.41) is 0. The van der Waals surface area contributed by atoms with Crippen LogP contribution in [-0.4, -0.2) is 0 Å². The summed E-state index contributed by atoms with van der Waals surface area (Å²) in [6.07, 6.45) is 4.31. The van der Waals surface area contributed by atoms with E-state index in [0.29, 0.717) is 0 Å². The van der Waals surface area contributed by atoms with Gasteiger partial charge in [0.05, 0.1) is 0 Å². The van der Waals surface area contributed by atoms with Gasteiger partial charge in [0.25, 0.3) is 0 Å². The van der Waals surface area contributed by atoms with Gasteiger partial charge in [0.15, 0.2) is 0 Å². The topological polar surface area (TPSA) is 0 Å². The van der Waals surface area contributed by atoms with Crippen molar-refractivity contribution in [3.05, 3.63) is 22.8 Å². The van der Waals surface area contributed by atoms with Crippen molar-refractivity contribution < 1.29 is 32.7 Å². The zero-order valence-electron chi connectivity index (χ0n) is 6.28. The first-order valence-electron chi connectivity index (χ1n) is 2.96. The predicted octanol–water partition coefficient (Wildman–Crippen LogP) is 2.47. The molecule has 1 rings (SSSR count). The van der Waals surface area contributed by atoms with E-state index in [1.165, 1.54) is 16.7 Å². The molecule has 1 aliphatic carbocycles. The summed E-state index contributed by atoms with van der Waals surface area (Å²) in [5.74, 6) is 0. The van der Waals surface area contributed by atoms with Crippen molar-refractivity contribution in [2.24, 2.45) is 0 Å². The van der Waals surface area contributed by atoms with E-state index in [2.05, 4.69) is 26.8 Å². The van der Waals surface area contributed by atoms with Crippen molar-refractivity contribution in [3.63, 3.8) is 0 Å². The smallest absolute Gasteiger partial charge is 0 e. The average Bonchev–Trinajstić information content (AvgIpc) is 1.98. The van der Waals surface area contributed by atoms with Crippen LogP contribution in [-0.2, 0) is 32.7 Å². The van der Waals surface area contributed by atoms with Crippen molar-refractivity contribution >= 4 is 0 Å². The van der Waals surface area contributed by atoms with Crippen molar-refractivity contribution in [1.82, 2.24) is 0 Å². The maximum atomic E-state index is 3.26. The van der Waals surface area contributed by atoms with Crippen LogP contribution in [0.1, 0.15) is 27.2 Å². The van der Waals surface area contributed by atoms with E-state index >= 15 is 0 Å². The van der Waals surface area contributed by atoms with Gasteiger partial charge in [-0.1, -0.05) is 13.8 Å². The van der Waals surface area contributed by atoms with Crippen LogP contribution < -0.4 is 0 Å². The van der Waals surface area contributed by atoms with E-state index in [1.807, 2.05) is 0 Å². The van der Waals surface area contributed by atoms with Crippen molar-refractivity contribution in [2.75, 3.05) is 0 Å². The van der Waals surface area contributed by atoms with Gasteiger partial charge in [-0.15, -0.1) is 13.3 Å². The van der Waals surface area contributed by atoms with Crippen LogP contribution in [0.3, 0.4) is 0 Å². The monoisotopic (exact) mass is 196 g/mol. The van der Waals surface area contributed by atoms with Crippen molar-refractivity contribution in [3.8, 4) is 0 Å². The molecule has 0 bridgehead atoms. The zero-order valence-corrected chi connectivity index (χ0v) is 9.12. The van der Waals surface area contributed by atoms with Crippen LogP contribution in [0.15, 0.2) is 16.7 Å². The molecule has 1 radical (unpaired) electrons. The summed E-state index contributed by atoms with van der Waals surface area (Å²) >= 11 is 0. The van der Waals surface area contributed by atoms with Gasteiger partial charge in [-0.3, -0.25) is 6.08 Å². The number of hydrogen-bond donors (Lipinski definition) is 0. The Labute approximate surface area is 82.3 Å². The molecule has 1 heteroatoms. The molecule has 0 atom stereocenters. The van der Waals surface area contributed by atoms with Crippen LogP contribution in [0.25, 0.3) is 0 Å². The van der Waals surface area contributed by atoms with E-state index in [1.54, 1.807) is 0 Å². The summed E-state index contributed by atoms with van der Waals surface area (Å²) in [4.78, 5) is 0. The second-order valence-corrected chi connectivity index (χ2v) is 2.38. The van der Waals surface area contributed by atoms with Gasteiger partial charge in [0.2, 0.25) is 0 Å². The zero-order chi connectivity index (χ0) is 6.15. The molecular weight excluding hydrogens is 185 g/mol. The summed E-state index contributed by atoms with van der Waals surface area (Å²) in [6.45, 7) is 6.44. The van der Waals surface area contributed by atoms with Gasteiger partial charge in [0.1, 0.15) is 0 Å². The van der Waals surface area contributed by atoms with Crippen LogP contribution >= 0.6 is 0 Å². The summed E-state index contributed by atoms with van der Waals surface area (Å²) in [5.41, 5.74) is 4.25. The normalized spacial score (nSPS) is 17.4. The predicted molar refractivity (Wildman–Crippen MR) is 35.4 cm³/mol. The molecule has 0 aliphatic heterocycles. The Balaban J connectivity index is 0.000000640. The van der Waals surface area contributed by atoms with Crippen LogP contribution in [0, 0.1) is 6.08 Å². The Hall–Kier alpha value is 0.584. The van der Waals surface area contributed by atoms with Crippen LogP contribution in [0.4, 0.5) is 0 Å². The molecule has 0 saturated heterocycles. The SMILES string of the molecule is CC1=[C-]CC(C)=C1C.[Y]. The molecule has 0 fully saturated rings. The molecule has 0 unspecified atom stereocenters. The molecule has 0 amide bonds. The van der Waals surface area contributed by atoms with E-state index in [4.69, 9.17) is 0 Å². The fourth-order valence-corrected chi connectivity index (χ4v) is 0.850. The quantitative estimate of drug-likeness (QED) is 0.522. The van der Waals surface area contributed by atoms with Crippen LogP contribution in [0.5, 0.6) is 0 Å². The molecular formula is C8H11Y-. The van der Waals surface area contributed by atoms with Gasteiger partial charge < -0.3 is 0 Å². The molecule has 0 saturated carbocycles. The minimum Gasteiger partial charge on any atom is -0.269 e. The first kappa shape index (κ1) is 9.58. The molecule has 0 aromatic carbocycles. The number of hydrogen-bond acceptors (Lipinski definition) is 0. The minimum absolute atomic E-state index is 0. The number of rotatable bonds is 0. The van der Waals surface area contributed by atoms with Gasteiger partial charge >= 0.3 is 0 Å². The van der Waals surface area contributed by atoms with E-state index in [9.17, 15) is 0 Å². The Bertz CT molecular complexity index is 158. The molecule has 9 heavy (non-hydrogen) atoms. The van der Waals surface area contributed by atoms with E-state index in [0.717, 1.165) is 6.42 Å². The van der Waals surface area contributed by atoms with Gasteiger partial charge in [0, 0.05) is 32.7 Å². The second kappa shape index (κ2) is 3.68. The Kier molecular flexibility index (Phi) is 3.92. The van der Waals surface area contributed by atoms with E-state index < -0.39 is 0 Å². The average molecular weight is 196 g/mol.